The van der Waals surface area contributed by atoms with Crippen LogP contribution >= 0.6 is 15.9 Å². The first-order valence-electron chi connectivity index (χ1n) is 3.37. The molecule has 0 aromatic carbocycles. The minimum Gasteiger partial charge on any atom is -0.388 e. The van der Waals surface area contributed by atoms with Gasteiger partial charge in [-0.3, -0.25) is 0 Å². The molecule has 1 saturated heterocycles. The van der Waals surface area contributed by atoms with Crippen molar-refractivity contribution < 1.29 is 152 Å². The second-order valence-corrected chi connectivity index (χ2v) is 3.57. The Balaban J connectivity index is -0.000000403. The molecule has 0 aromatic rings. The van der Waals surface area contributed by atoms with Crippen LogP contribution < -0.4 is 0 Å². The van der Waals surface area contributed by atoms with Crippen LogP contribution in [0.2, 0.25) is 0 Å². The van der Waals surface area contributed by atoms with Crippen molar-refractivity contribution in [3.63, 3.8) is 0 Å². The van der Waals surface area contributed by atoms with E-state index in [1.807, 2.05) is 0 Å². The van der Waals surface area contributed by atoms with Crippen molar-refractivity contribution >= 4 is 15.9 Å². The van der Waals surface area contributed by atoms with E-state index in [0.29, 0.717) is 0 Å². The molecule has 8 heteroatoms. The Hall–Kier alpha value is 4.64. The molecule has 1 fully saturated rings. The molecule has 4 nitrogen and oxygen atoms in total. The van der Waals surface area contributed by atoms with Gasteiger partial charge in [-0.25, -0.2) is 0 Å². The van der Waals surface area contributed by atoms with Crippen LogP contribution in [0.4, 0.5) is 0 Å². The average Bonchev–Trinajstić information content (AvgIpc) is 1.97. The minimum atomic E-state index is -1.14. The van der Waals surface area contributed by atoms with Crippen molar-refractivity contribution in [2.75, 3.05) is 0 Å². The van der Waals surface area contributed by atoms with Crippen molar-refractivity contribution in [2.24, 2.45) is 0 Å². The molecule has 3 radical (unpaired) electrons. The molecule has 1 heterocycles. The zero-order valence-electron chi connectivity index (χ0n) is 7.75. The normalized spacial score (nSPS) is 41.4. The van der Waals surface area contributed by atoms with Crippen LogP contribution in [0.5, 0.6) is 0 Å². The van der Waals surface area contributed by atoms with Crippen LogP contribution in [-0.2, 0) is 4.74 Å². The Morgan fingerprint density at radius 3 is 1.79 bits per heavy atom. The molecule has 0 aliphatic carbocycles. The predicted octanol–water partition coefficient (Wildman–Crippen LogP) is -0.791. The summed E-state index contributed by atoms with van der Waals surface area (Å²) in [5.74, 6) is 0. The molecule has 1 aliphatic rings. The standard InChI is InChI=1S/C6H11BrO4.3Ac/c1-2-3(8)4(9)5(10)6(7)11-2;;;/h2-6,8-10H,1H3;;;/t2-,3-,4+,5-,6+;;;/m1.../s1. The molecule has 1 rings (SSSR count). The Labute approximate surface area is 199 Å². The van der Waals surface area contributed by atoms with E-state index in [-0.39, 0.29) is 132 Å². The fourth-order valence-corrected chi connectivity index (χ4v) is 1.65. The molecule has 0 saturated carbocycles. The molecular weight excluding hydrogens is 897 g/mol. The largest absolute Gasteiger partial charge is 0.388 e. The van der Waals surface area contributed by atoms with Gasteiger partial charge in [-0.15, -0.1) is 0 Å². The van der Waals surface area contributed by atoms with E-state index in [1.165, 1.54) is 0 Å². The van der Waals surface area contributed by atoms with Crippen LogP contribution in [0.15, 0.2) is 0 Å². The van der Waals surface area contributed by atoms with Gasteiger partial charge in [-0.05, 0) is 6.92 Å². The van der Waals surface area contributed by atoms with Crippen molar-refractivity contribution in [2.45, 2.75) is 36.4 Å². The van der Waals surface area contributed by atoms with E-state index in [1.54, 1.807) is 6.92 Å². The van der Waals surface area contributed by atoms with E-state index in [9.17, 15) is 10.2 Å². The fourth-order valence-electron chi connectivity index (χ4n) is 1.00. The van der Waals surface area contributed by atoms with Gasteiger partial charge in [-0.2, -0.15) is 0 Å². The average molecular weight is 908 g/mol. The van der Waals surface area contributed by atoms with Gasteiger partial charge in [0.1, 0.15) is 23.3 Å². The van der Waals surface area contributed by atoms with Crippen LogP contribution in [-0.4, -0.2) is 44.7 Å². The van der Waals surface area contributed by atoms with Gasteiger partial charge >= 0.3 is 0 Å². The third-order valence-electron chi connectivity index (χ3n) is 1.79. The summed E-state index contributed by atoms with van der Waals surface area (Å²) in [6.07, 6.45) is -3.68. The third kappa shape index (κ3) is 6.71. The summed E-state index contributed by atoms with van der Waals surface area (Å²) in [4.78, 5) is 0. The SMILES string of the molecule is C[C@H]1O[C@H](Br)[C@H](O)[C@@H](O)[C@@H]1O.[Ac].[Ac].[Ac]. The topological polar surface area (TPSA) is 69.9 Å². The van der Waals surface area contributed by atoms with E-state index in [0.717, 1.165) is 0 Å². The summed E-state index contributed by atoms with van der Waals surface area (Å²) in [5, 5.41) is 26.9. The molecule has 14 heavy (non-hydrogen) atoms. The number of hydrogen-bond acceptors (Lipinski definition) is 4. The Morgan fingerprint density at radius 1 is 0.929 bits per heavy atom. The first-order valence-corrected chi connectivity index (χ1v) is 4.29. The maximum atomic E-state index is 9.18. The smallest absolute Gasteiger partial charge is 0.141 e. The van der Waals surface area contributed by atoms with Gasteiger partial charge in [0.15, 0.2) is 0 Å². The fraction of sp³-hybridized carbons (Fsp3) is 1.00. The van der Waals surface area contributed by atoms with E-state index in [2.05, 4.69) is 15.9 Å². The van der Waals surface area contributed by atoms with Gasteiger partial charge in [-0.1, -0.05) is 15.9 Å². The van der Waals surface area contributed by atoms with Gasteiger partial charge in [0.25, 0.3) is 0 Å². The predicted molar refractivity (Wildman–Crippen MR) is 41.3 cm³/mol. The zero-order chi connectivity index (χ0) is 8.59. The Bertz CT molecular complexity index is 139. The number of aliphatic hydroxyl groups excluding tert-OH is 3. The molecule has 0 unspecified atom stereocenters. The Morgan fingerprint density at radius 2 is 1.36 bits per heavy atom. The molecule has 75 valence electrons. The number of ether oxygens (including phenoxy) is 1. The van der Waals surface area contributed by atoms with Crippen molar-refractivity contribution in [1.29, 1.82) is 0 Å². The van der Waals surface area contributed by atoms with Crippen molar-refractivity contribution in [3.8, 4) is 0 Å². The quantitative estimate of drug-likeness (QED) is 0.280. The summed E-state index contributed by atoms with van der Waals surface area (Å²) in [5.41, 5.74) is 0. The maximum Gasteiger partial charge on any atom is 0.141 e. The molecule has 1 aliphatic heterocycles. The molecule has 0 aromatic heterocycles. The summed E-state index contributed by atoms with van der Waals surface area (Å²) in [6.45, 7) is 1.63. The number of hydrogen-bond donors (Lipinski definition) is 3. The molecule has 0 spiro atoms. The first kappa shape index (κ1) is 23.7. The van der Waals surface area contributed by atoms with Crippen LogP contribution in [0, 0.1) is 132 Å². The second-order valence-electron chi connectivity index (χ2n) is 2.66. The molecule has 0 amide bonds. The number of aliphatic hydroxyl groups is 3. The third-order valence-corrected chi connectivity index (χ3v) is 2.55. The number of alkyl halides is 1. The number of halogens is 1. The molecule has 3 N–H and O–H groups in total. The summed E-state index contributed by atoms with van der Waals surface area (Å²) >= 11 is 3.02. The van der Waals surface area contributed by atoms with E-state index < -0.39 is 29.4 Å². The van der Waals surface area contributed by atoms with Gasteiger partial charge in [0.2, 0.25) is 0 Å². The monoisotopic (exact) mass is 907 g/mol. The zero-order valence-corrected chi connectivity index (χ0v) is 23.6. The molecule has 5 atom stereocenters. The van der Waals surface area contributed by atoms with Gasteiger partial charge in [0.05, 0.1) is 6.10 Å². The van der Waals surface area contributed by atoms with Crippen LogP contribution in [0.1, 0.15) is 6.92 Å². The van der Waals surface area contributed by atoms with Crippen LogP contribution in [0.25, 0.3) is 0 Å². The summed E-state index contributed by atoms with van der Waals surface area (Å²) in [7, 11) is 0. The molecule has 0 bridgehead atoms. The van der Waals surface area contributed by atoms with E-state index >= 15 is 0 Å². The second kappa shape index (κ2) is 11.5. The van der Waals surface area contributed by atoms with E-state index in [4.69, 9.17) is 9.84 Å². The maximum absolute atomic E-state index is 9.18. The first-order chi connectivity index (χ1) is 5.04. The van der Waals surface area contributed by atoms with Crippen molar-refractivity contribution in [1.82, 2.24) is 0 Å². The minimum absolute atomic E-state index is 0. The summed E-state index contributed by atoms with van der Waals surface area (Å²) < 4.78 is 5.04. The van der Waals surface area contributed by atoms with Gasteiger partial charge in [0, 0.05) is 132 Å². The molecular formula is C6H11Ac3BrO4. The van der Waals surface area contributed by atoms with Gasteiger partial charge < -0.3 is 20.1 Å². The Kier molecular flexibility index (Phi) is 19.4. The van der Waals surface area contributed by atoms with Crippen LogP contribution in [0.3, 0.4) is 0 Å². The van der Waals surface area contributed by atoms with Crippen molar-refractivity contribution in [3.05, 3.63) is 0 Å². The number of rotatable bonds is 0. The summed E-state index contributed by atoms with van der Waals surface area (Å²) in [6, 6.07) is 0.